The molecule has 106 valence electrons. The molecule has 0 aliphatic heterocycles. The van der Waals surface area contributed by atoms with Crippen LogP contribution in [0, 0.1) is 11.7 Å². The van der Waals surface area contributed by atoms with Crippen molar-refractivity contribution in [3.05, 3.63) is 24.0 Å². The minimum Gasteiger partial charge on any atom is -0.396 e. The lowest BCUT2D eigenvalue weighted by Crippen LogP contribution is -2.26. The van der Waals surface area contributed by atoms with Gasteiger partial charge in [-0.2, -0.15) is 0 Å². The predicted molar refractivity (Wildman–Crippen MR) is 72.6 cm³/mol. The summed E-state index contributed by atoms with van der Waals surface area (Å²) in [4.78, 5) is -0.0781. The number of halogens is 1. The van der Waals surface area contributed by atoms with Gasteiger partial charge >= 0.3 is 0 Å². The normalized spacial score (nSPS) is 16.9. The SMILES string of the molecule is Nc1ccc(S(=O)(=O)NCCC2CCCC2)cc1F. The average molecular weight is 286 g/mol. The zero-order valence-corrected chi connectivity index (χ0v) is 11.5. The van der Waals surface area contributed by atoms with Crippen LogP contribution in [0.3, 0.4) is 0 Å². The fourth-order valence-corrected chi connectivity index (χ4v) is 3.51. The molecule has 3 N–H and O–H groups in total. The maximum absolute atomic E-state index is 13.3. The minimum atomic E-state index is -3.64. The summed E-state index contributed by atoms with van der Waals surface area (Å²) in [6, 6.07) is 3.53. The van der Waals surface area contributed by atoms with E-state index in [9.17, 15) is 12.8 Å². The summed E-state index contributed by atoms with van der Waals surface area (Å²) >= 11 is 0. The molecule has 0 saturated heterocycles. The van der Waals surface area contributed by atoms with Gasteiger partial charge in [0.1, 0.15) is 5.82 Å². The van der Waals surface area contributed by atoms with Gasteiger partial charge in [-0.25, -0.2) is 17.5 Å². The van der Waals surface area contributed by atoms with Crippen LogP contribution in [0.4, 0.5) is 10.1 Å². The lowest BCUT2D eigenvalue weighted by molar-refractivity contribution is 0.495. The van der Waals surface area contributed by atoms with Crippen molar-refractivity contribution < 1.29 is 12.8 Å². The van der Waals surface area contributed by atoms with Crippen LogP contribution in [-0.4, -0.2) is 15.0 Å². The molecule has 0 unspecified atom stereocenters. The lowest BCUT2D eigenvalue weighted by Gasteiger charge is -2.10. The van der Waals surface area contributed by atoms with Crippen molar-refractivity contribution in [3.8, 4) is 0 Å². The Morgan fingerprint density at radius 1 is 1.32 bits per heavy atom. The summed E-state index contributed by atoms with van der Waals surface area (Å²) in [6.45, 7) is 0.402. The molecule has 0 spiro atoms. The molecule has 4 nitrogen and oxygen atoms in total. The smallest absolute Gasteiger partial charge is 0.240 e. The summed E-state index contributed by atoms with van der Waals surface area (Å²) in [6.07, 6.45) is 5.67. The van der Waals surface area contributed by atoms with Crippen molar-refractivity contribution in [1.29, 1.82) is 0 Å². The molecular weight excluding hydrogens is 267 g/mol. The summed E-state index contributed by atoms with van der Waals surface area (Å²) in [5, 5.41) is 0. The number of sulfonamides is 1. The molecule has 1 aliphatic carbocycles. The van der Waals surface area contributed by atoms with Crippen molar-refractivity contribution in [2.24, 2.45) is 5.92 Å². The Morgan fingerprint density at radius 2 is 2.00 bits per heavy atom. The van der Waals surface area contributed by atoms with Crippen LogP contribution in [0.1, 0.15) is 32.1 Å². The van der Waals surface area contributed by atoms with E-state index in [2.05, 4.69) is 4.72 Å². The predicted octanol–water partition coefficient (Wildman–Crippen LogP) is 2.27. The number of benzene rings is 1. The van der Waals surface area contributed by atoms with Crippen molar-refractivity contribution >= 4 is 15.7 Å². The number of nitrogens with two attached hydrogens (primary N) is 1. The molecule has 1 aromatic carbocycles. The second-order valence-electron chi connectivity index (χ2n) is 5.02. The molecule has 0 heterocycles. The molecule has 0 bridgehead atoms. The van der Waals surface area contributed by atoms with Crippen molar-refractivity contribution in [2.75, 3.05) is 12.3 Å². The van der Waals surface area contributed by atoms with Crippen LogP contribution in [0.2, 0.25) is 0 Å². The van der Waals surface area contributed by atoms with Gasteiger partial charge in [0.05, 0.1) is 10.6 Å². The lowest BCUT2D eigenvalue weighted by atomic mass is 10.1. The van der Waals surface area contributed by atoms with Gasteiger partial charge in [0.2, 0.25) is 10.0 Å². The summed E-state index contributed by atoms with van der Waals surface area (Å²) in [7, 11) is -3.64. The van der Waals surface area contributed by atoms with Gasteiger partial charge in [0, 0.05) is 6.54 Å². The Labute approximate surface area is 113 Å². The van der Waals surface area contributed by atoms with E-state index in [0.717, 1.165) is 12.5 Å². The molecule has 0 amide bonds. The first kappa shape index (κ1) is 14.3. The molecule has 0 atom stereocenters. The summed E-state index contributed by atoms with van der Waals surface area (Å²) < 4.78 is 39.7. The first-order valence-electron chi connectivity index (χ1n) is 6.54. The second kappa shape index (κ2) is 5.88. The molecule has 6 heteroatoms. The van der Waals surface area contributed by atoms with Crippen molar-refractivity contribution in [2.45, 2.75) is 37.0 Å². The molecule has 0 radical (unpaired) electrons. The van der Waals surface area contributed by atoms with E-state index >= 15 is 0 Å². The zero-order chi connectivity index (χ0) is 13.9. The Hall–Kier alpha value is -1.14. The number of nitrogen functional groups attached to an aromatic ring is 1. The third-order valence-electron chi connectivity index (χ3n) is 3.60. The van der Waals surface area contributed by atoms with Gasteiger partial charge in [-0.05, 0) is 30.5 Å². The van der Waals surface area contributed by atoms with Crippen LogP contribution in [0.25, 0.3) is 0 Å². The first-order valence-corrected chi connectivity index (χ1v) is 8.02. The Bertz CT molecular complexity index is 540. The largest absolute Gasteiger partial charge is 0.396 e. The highest BCUT2D eigenvalue weighted by Gasteiger charge is 2.18. The van der Waals surface area contributed by atoms with Crippen LogP contribution in [0.5, 0.6) is 0 Å². The van der Waals surface area contributed by atoms with Crippen molar-refractivity contribution in [1.82, 2.24) is 4.72 Å². The monoisotopic (exact) mass is 286 g/mol. The molecular formula is C13H19FN2O2S. The van der Waals surface area contributed by atoms with Gasteiger partial charge in [0.25, 0.3) is 0 Å². The first-order chi connectivity index (χ1) is 8.99. The Balaban J connectivity index is 1.95. The van der Waals surface area contributed by atoms with E-state index in [4.69, 9.17) is 5.73 Å². The fourth-order valence-electron chi connectivity index (χ4n) is 2.45. The van der Waals surface area contributed by atoms with Crippen LogP contribution in [-0.2, 0) is 10.0 Å². The summed E-state index contributed by atoms with van der Waals surface area (Å²) in [5.74, 6) is -0.0930. The molecule has 19 heavy (non-hydrogen) atoms. The zero-order valence-electron chi connectivity index (χ0n) is 10.7. The van der Waals surface area contributed by atoms with E-state index in [0.29, 0.717) is 12.5 Å². The number of rotatable bonds is 5. The molecule has 1 fully saturated rings. The Kier molecular flexibility index (Phi) is 4.42. The third-order valence-corrected chi connectivity index (χ3v) is 5.06. The van der Waals surface area contributed by atoms with Gasteiger partial charge in [0.15, 0.2) is 0 Å². The van der Waals surface area contributed by atoms with E-state index in [1.54, 1.807) is 0 Å². The summed E-state index contributed by atoms with van der Waals surface area (Å²) in [5.41, 5.74) is 5.27. The molecule has 1 aliphatic rings. The highest BCUT2D eigenvalue weighted by molar-refractivity contribution is 7.89. The van der Waals surface area contributed by atoms with Gasteiger partial charge in [-0.15, -0.1) is 0 Å². The van der Waals surface area contributed by atoms with Crippen LogP contribution >= 0.6 is 0 Å². The van der Waals surface area contributed by atoms with Gasteiger partial charge in [-0.1, -0.05) is 25.7 Å². The average Bonchev–Trinajstić information content (AvgIpc) is 2.85. The van der Waals surface area contributed by atoms with E-state index < -0.39 is 15.8 Å². The van der Waals surface area contributed by atoms with Gasteiger partial charge in [-0.3, -0.25) is 0 Å². The van der Waals surface area contributed by atoms with Gasteiger partial charge < -0.3 is 5.73 Å². The second-order valence-corrected chi connectivity index (χ2v) is 6.79. The highest BCUT2D eigenvalue weighted by Crippen LogP contribution is 2.27. The molecule has 2 rings (SSSR count). The maximum Gasteiger partial charge on any atom is 0.240 e. The third kappa shape index (κ3) is 3.67. The number of hydrogen-bond donors (Lipinski definition) is 2. The molecule has 0 aromatic heterocycles. The number of hydrogen-bond acceptors (Lipinski definition) is 3. The van der Waals surface area contributed by atoms with E-state index in [1.165, 1.54) is 37.8 Å². The number of anilines is 1. The highest BCUT2D eigenvalue weighted by atomic mass is 32.2. The standard InChI is InChI=1S/C13H19FN2O2S/c14-12-9-11(5-6-13(12)15)19(17,18)16-8-7-10-3-1-2-4-10/h5-6,9-10,16H,1-4,7-8,15H2. The Morgan fingerprint density at radius 3 is 2.63 bits per heavy atom. The topological polar surface area (TPSA) is 72.2 Å². The van der Waals surface area contributed by atoms with Crippen molar-refractivity contribution in [3.63, 3.8) is 0 Å². The van der Waals surface area contributed by atoms with E-state index in [1.807, 2.05) is 0 Å². The van der Waals surface area contributed by atoms with Crippen LogP contribution < -0.4 is 10.5 Å². The fraction of sp³-hybridized carbons (Fsp3) is 0.538. The minimum absolute atomic E-state index is 0.0510. The van der Waals surface area contributed by atoms with E-state index in [-0.39, 0.29) is 10.6 Å². The maximum atomic E-state index is 13.3. The quantitative estimate of drug-likeness (QED) is 0.816. The van der Waals surface area contributed by atoms with Crippen LogP contribution in [0.15, 0.2) is 23.1 Å². The number of nitrogens with one attached hydrogen (secondary N) is 1. The molecule has 1 aromatic rings. The molecule has 1 saturated carbocycles.